The van der Waals surface area contributed by atoms with Gasteiger partial charge in [0.05, 0.1) is 15.9 Å². The molecule has 0 aliphatic rings. The summed E-state index contributed by atoms with van der Waals surface area (Å²) in [7, 11) is 0. The molecule has 0 spiro atoms. The second kappa shape index (κ2) is 7.93. The van der Waals surface area contributed by atoms with Crippen LogP contribution in [0, 0.1) is 12.8 Å². The Hall–Kier alpha value is -0.680. The number of carbonyl (C=O) groups is 1. The summed E-state index contributed by atoms with van der Waals surface area (Å²) >= 11 is 3.54. The summed E-state index contributed by atoms with van der Waals surface area (Å²) < 4.78 is 2.88. The van der Waals surface area contributed by atoms with Crippen LogP contribution in [0.5, 0.6) is 0 Å². The predicted molar refractivity (Wildman–Crippen MR) is 85.7 cm³/mol. The van der Waals surface area contributed by atoms with Gasteiger partial charge in [0.2, 0.25) is 0 Å². The van der Waals surface area contributed by atoms with E-state index in [1.807, 2.05) is 32.4 Å². The monoisotopic (exact) mass is 343 g/mol. The van der Waals surface area contributed by atoms with Crippen molar-refractivity contribution in [1.82, 2.24) is 9.78 Å². The van der Waals surface area contributed by atoms with E-state index in [1.165, 1.54) is 0 Å². The Morgan fingerprint density at radius 3 is 2.60 bits per heavy atom. The lowest BCUT2D eigenvalue weighted by molar-refractivity contribution is -0.122. The average Bonchev–Trinajstić information content (AvgIpc) is 2.65. The molecule has 2 N–H and O–H groups in total. The molecule has 1 heterocycles. The van der Waals surface area contributed by atoms with E-state index in [4.69, 9.17) is 5.73 Å². The van der Waals surface area contributed by atoms with Crippen LogP contribution in [-0.4, -0.2) is 21.6 Å². The van der Waals surface area contributed by atoms with Gasteiger partial charge in [0.15, 0.2) is 0 Å². The van der Waals surface area contributed by atoms with Crippen LogP contribution in [0.3, 0.4) is 0 Å². The van der Waals surface area contributed by atoms with Crippen LogP contribution < -0.4 is 5.73 Å². The van der Waals surface area contributed by atoms with Crippen molar-refractivity contribution in [3.8, 4) is 0 Å². The highest BCUT2D eigenvalue weighted by molar-refractivity contribution is 9.10. The van der Waals surface area contributed by atoms with E-state index in [9.17, 15) is 4.79 Å². The predicted octanol–water partition coefficient (Wildman–Crippen LogP) is 3.24. The Morgan fingerprint density at radius 1 is 1.40 bits per heavy atom. The fraction of sp³-hybridized carbons (Fsp3) is 0.733. The maximum Gasteiger partial charge on any atom is 0.141 e. The number of hydrogen-bond donors (Lipinski definition) is 1. The lowest BCUT2D eigenvalue weighted by Gasteiger charge is -2.12. The molecule has 2 unspecified atom stereocenters. The minimum absolute atomic E-state index is 0.0844. The second-order valence-electron chi connectivity index (χ2n) is 5.61. The Kier molecular flexibility index (Phi) is 6.89. The third-order valence-electron chi connectivity index (χ3n) is 3.64. The number of rotatable bonds is 8. The zero-order valence-corrected chi connectivity index (χ0v) is 14.5. The van der Waals surface area contributed by atoms with Crippen LogP contribution in [0.15, 0.2) is 4.47 Å². The number of Topliss-reactive ketones (excluding diaryl/α,β-unsaturated/α-hetero) is 1. The van der Waals surface area contributed by atoms with Gasteiger partial charge < -0.3 is 5.73 Å². The fourth-order valence-electron chi connectivity index (χ4n) is 2.28. The molecule has 0 amide bonds. The molecule has 20 heavy (non-hydrogen) atoms. The van der Waals surface area contributed by atoms with Gasteiger partial charge in [0.1, 0.15) is 5.78 Å². The fourth-order valence-corrected chi connectivity index (χ4v) is 2.71. The van der Waals surface area contributed by atoms with Gasteiger partial charge in [-0.3, -0.25) is 9.48 Å². The van der Waals surface area contributed by atoms with Gasteiger partial charge in [-0.05, 0) is 49.5 Å². The molecule has 1 aromatic heterocycles. The molecule has 1 aromatic rings. The summed E-state index contributed by atoms with van der Waals surface area (Å²) in [5.74, 6) is 0.367. The van der Waals surface area contributed by atoms with E-state index in [-0.39, 0.29) is 17.7 Å². The number of carbonyl (C=O) groups excluding carboxylic acids is 1. The smallest absolute Gasteiger partial charge is 0.141 e. The summed E-state index contributed by atoms with van der Waals surface area (Å²) in [6, 6.07) is 0.218. The van der Waals surface area contributed by atoms with Gasteiger partial charge in [-0.2, -0.15) is 5.10 Å². The summed E-state index contributed by atoms with van der Waals surface area (Å²) in [6.45, 7) is 8.80. The SMILES string of the molecule is CCn1nc(C)c(Br)c1CC(=O)C(C)CCCC(C)N. The van der Waals surface area contributed by atoms with Crippen LogP contribution >= 0.6 is 15.9 Å². The lowest BCUT2D eigenvalue weighted by Crippen LogP contribution is -2.18. The zero-order valence-electron chi connectivity index (χ0n) is 12.9. The number of halogens is 1. The van der Waals surface area contributed by atoms with Gasteiger partial charge in [-0.25, -0.2) is 0 Å². The number of hydrogen-bond acceptors (Lipinski definition) is 3. The minimum Gasteiger partial charge on any atom is -0.328 e. The Balaban J connectivity index is 2.61. The van der Waals surface area contributed by atoms with E-state index in [1.54, 1.807) is 0 Å². The maximum absolute atomic E-state index is 12.3. The molecule has 0 saturated carbocycles. The van der Waals surface area contributed by atoms with Gasteiger partial charge in [-0.15, -0.1) is 0 Å². The first kappa shape index (κ1) is 17.4. The van der Waals surface area contributed by atoms with Crippen molar-refractivity contribution in [1.29, 1.82) is 0 Å². The maximum atomic E-state index is 12.3. The van der Waals surface area contributed by atoms with Crippen LogP contribution in [0.25, 0.3) is 0 Å². The Morgan fingerprint density at radius 2 is 2.05 bits per heavy atom. The highest BCUT2D eigenvalue weighted by atomic mass is 79.9. The molecule has 0 fully saturated rings. The first-order valence-electron chi connectivity index (χ1n) is 7.36. The first-order valence-corrected chi connectivity index (χ1v) is 8.16. The molecule has 1 rings (SSSR count). The standard InChI is InChI=1S/C15H26BrN3O/c1-5-19-13(15(16)12(4)18-19)9-14(20)10(2)7-6-8-11(3)17/h10-11H,5-9,17H2,1-4H3. The molecule has 5 heteroatoms. The molecule has 114 valence electrons. The number of aryl methyl sites for hydroxylation is 2. The lowest BCUT2D eigenvalue weighted by atomic mass is 9.95. The van der Waals surface area contributed by atoms with Crippen LogP contribution in [0.1, 0.15) is 51.4 Å². The topological polar surface area (TPSA) is 60.9 Å². The summed E-state index contributed by atoms with van der Waals surface area (Å²) in [4.78, 5) is 12.3. The van der Waals surface area contributed by atoms with Crippen LogP contribution in [-0.2, 0) is 17.8 Å². The van der Waals surface area contributed by atoms with Crippen molar-refractivity contribution in [2.45, 2.75) is 66.0 Å². The Bertz CT molecular complexity index is 454. The largest absolute Gasteiger partial charge is 0.328 e. The summed E-state index contributed by atoms with van der Waals surface area (Å²) in [6.07, 6.45) is 3.36. The molecule has 2 atom stereocenters. The van der Waals surface area contributed by atoms with E-state index < -0.39 is 0 Å². The highest BCUT2D eigenvalue weighted by Crippen LogP contribution is 2.23. The molecule has 0 saturated heterocycles. The van der Waals surface area contributed by atoms with Gasteiger partial charge in [0.25, 0.3) is 0 Å². The van der Waals surface area contributed by atoms with E-state index in [0.717, 1.165) is 41.7 Å². The molecular weight excluding hydrogens is 318 g/mol. The van der Waals surface area contributed by atoms with Gasteiger partial charge in [0, 0.05) is 24.9 Å². The minimum atomic E-state index is 0.0844. The number of nitrogens with zero attached hydrogens (tertiary/aromatic N) is 2. The number of ketones is 1. The van der Waals surface area contributed by atoms with E-state index in [2.05, 4.69) is 21.0 Å². The van der Waals surface area contributed by atoms with Crippen molar-refractivity contribution in [3.05, 3.63) is 15.9 Å². The molecule has 0 bridgehead atoms. The summed E-state index contributed by atoms with van der Waals surface area (Å²) in [5, 5.41) is 4.43. The van der Waals surface area contributed by atoms with E-state index in [0.29, 0.717) is 6.42 Å². The van der Waals surface area contributed by atoms with Crippen LogP contribution in [0.4, 0.5) is 0 Å². The third-order valence-corrected chi connectivity index (χ3v) is 4.67. The third kappa shape index (κ3) is 4.70. The van der Waals surface area contributed by atoms with Crippen LogP contribution in [0.2, 0.25) is 0 Å². The number of aromatic nitrogens is 2. The molecule has 0 aromatic carbocycles. The molecule has 0 aliphatic heterocycles. The zero-order chi connectivity index (χ0) is 15.3. The highest BCUT2D eigenvalue weighted by Gasteiger charge is 2.19. The van der Waals surface area contributed by atoms with Crippen molar-refractivity contribution in [2.75, 3.05) is 0 Å². The molecular formula is C15H26BrN3O. The van der Waals surface area contributed by atoms with Crippen molar-refractivity contribution >= 4 is 21.7 Å². The number of nitrogens with two attached hydrogens (primary N) is 1. The Labute approximate surface area is 130 Å². The van der Waals surface area contributed by atoms with Gasteiger partial charge >= 0.3 is 0 Å². The average molecular weight is 344 g/mol. The molecule has 0 aliphatic carbocycles. The molecule has 4 nitrogen and oxygen atoms in total. The normalized spacial score (nSPS) is 14.3. The van der Waals surface area contributed by atoms with Crippen molar-refractivity contribution in [3.63, 3.8) is 0 Å². The molecule has 0 radical (unpaired) electrons. The van der Waals surface area contributed by atoms with E-state index >= 15 is 0 Å². The van der Waals surface area contributed by atoms with Gasteiger partial charge in [-0.1, -0.05) is 13.3 Å². The van der Waals surface area contributed by atoms with Crippen molar-refractivity contribution in [2.24, 2.45) is 11.7 Å². The quantitative estimate of drug-likeness (QED) is 0.788. The van der Waals surface area contributed by atoms with Crippen molar-refractivity contribution < 1.29 is 4.79 Å². The summed E-state index contributed by atoms with van der Waals surface area (Å²) in [5.41, 5.74) is 7.67. The first-order chi connectivity index (χ1) is 9.36. The second-order valence-corrected chi connectivity index (χ2v) is 6.41.